The zero-order valence-electron chi connectivity index (χ0n) is 10.3. The third kappa shape index (κ3) is 3.07. The van der Waals surface area contributed by atoms with Crippen LogP contribution in [0.3, 0.4) is 0 Å². The van der Waals surface area contributed by atoms with Gasteiger partial charge in [-0.1, -0.05) is 12.1 Å². The number of nitrogens with one attached hydrogen (secondary N) is 1. The van der Waals surface area contributed by atoms with Crippen molar-refractivity contribution in [1.29, 1.82) is 0 Å². The van der Waals surface area contributed by atoms with Crippen LogP contribution in [0.4, 0.5) is 5.69 Å². The molecule has 0 spiro atoms. The maximum Gasteiger partial charge on any atom is 0.304 e. The second-order valence-electron chi connectivity index (χ2n) is 4.60. The van der Waals surface area contributed by atoms with Gasteiger partial charge in [-0.25, -0.2) is 0 Å². The molecule has 0 atom stereocenters. The minimum atomic E-state index is -0.786. The summed E-state index contributed by atoms with van der Waals surface area (Å²) in [7, 11) is 1.89. The Morgan fingerprint density at radius 3 is 3.00 bits per heavy atom. The predicted octanol–water partition coefficient (Wildman–Crippen LogP) is 1.09. The summed E-state index contributed by atoms with van der Waals surface area (Å²) in [6, 6.07) is 5.87. The van der Waals surface area contributed by atoms with E-state index < -0.39 is 5.97 Å². The van der Waals surface area contributed by atoms with Gasteiger partial charge < -0.3 is 15.3 Å². The van der Waals surface area contributed by atoms with Crippen LogP contribution in [0.25, 0.3) is 0 Å². The van der Waals surface area contributed by atoms with Crippen LogP contribution in [-0.4, -0.2) is 35.5 Å². The first-order valence-corrected chi connectivity index (χ1v) is 5.86. The first kappa shape index (κ1) is 12.6. The molecule has 0 radical (unpaired) electrons. The van der Waals surface area contributed by atoms with E-state index in [-0.39, 0.29) is 12.3 Å². The lowest BCUT2D eigenvalue weighted by Gasteiger charge is -2.15. The molecule has 0 saturated heterocycles. The third-order valence-corrected chi connectivity index (χ3v) is 2.95. The number of fused-ring (bicyclic) bond motifs is 1. The first-order valence-electron chi connectivity index (χ1n) is 5.86. The van der Waals surface area contributed by atoms with Crippen molar-refractivity contribution >= 4 is 17.6 Å². The fraction of sp³-hybridized carbons (Fsp3) is 0.385. The average Bonchev–Trinajstić information content (AvgIpc) is 2.66. The number of carboxylic acids is 1. The van der Waals surface area contributed by atoms with Gasteiger partial charge in [0.25, 0.3) is 0 Å². The molecule has 5 nitrogen and oxygen atoms in total. The Bertz CT molecular complexity index is 485. The Hall–Kier alpha value is -1.88. The maximum absolute atomic E-state index is 11.2. The molecule has 1 aromatic rings. The molecule has 18 heavy (non-hydrogen) atoms. The van der Waals surface area contributed by atoms with Gasteiger partial charge in [0.15, 0.2) is 0 Å². The molecule has 1 aliphatic rings. The number of carbonyl (C=O) groups excluding carboxylic acids is 1. The van der Waals surface area contributed by atoms with Crippen LogP contribution in [0, 0.1) is 0 Å². The Morgan fingerprint density at radius 1 is 1.50 bits per heavy atom. The summed E-state index contributed by atoms with van der Waals surface area (Å²) in [4.78, 5) is 23.7. The van der Waals surface area contributed by atoms with E-state index in [1.807, 2.05) is 30.1 Å². The zero-order valence-corrected chi connectivity index (χ0v) is 10.3. The molecule has 2 N–H and O–H groups in total. The van der Waals surface area contributed by atoms with E-state index in [0.717, 1.165) is 16.8 Å². The molecule has 0 fully saturated rings. The zero-order chi connectivity index (χ0) is 13.1. The lowest BCUT2D eigenvalue weighted by molar-refractivity contribution is -0.137. The molecule has 2 rings (SSSR count). The monoisotopic (exact) mass is 248 g/mol. The van der Waals surface area contributed by atoms with E-state index in [4.69, 9.17) is 5.11 Å². The van der Waals surface area contributed by atoms with Crippen molar-refractivity contribution in [2.24, 2.45) is 0 Å². The summed E-state index contributed by atoms with van der Waals surface area (Å²) < 4.78 is 0. The van der Waals surface area contributed by atoms with Crippen molar-refractivity contribution in [3.05, 3.63) is 29.3 Å². The Labute approximate surface area is 105 Å². The molecule has 0 saturated carbocycles. The fourth-order valence-electron chi connectivity index (χ4n) is 2.06. The van der Waals surface area contributed by atoms with Crippen molar-refractivity contribution in [2.75, 3.05) is 18.9 Å². The molecule has 1 amide bonds. The predicted molar refractivity (Wildman–Crippen MR) is 67.4 cm³/mol. The molecule has 0 aromatic heterocycles. The number of rotatable bonds is 5. The molecule has 5 heteroatoms. The Kier molecular flexibility index (Phi) is 3.62. The number of aliphatic carboxylic acids is 1. The van der Waals surface area contributed by atoms with Gasteiger partial charge in [-0.3, -0.25) is 9.59 Å². The van der Waals surface area contributed by atoms with Gasteiger partial charge in [0.1, 0.15) is 0 Å². The van der Waals surface area contributed by atoms with E-state index in [1.165, 1.54) is 0 Å². The van der Waals surface area contributed by atoms with Crippen LogP contribution in [0.1, 0.15) is 17.5 Å². The Balaban J connectivity index is 1.96. The van der Waals surface area contributed by atoms with E-state index in [1.54, 1.807) is 0 Å². The maximum atomic E-state index is 11.2. The van der Waals surface area contributed by atoms with Crippen molar-refractivity contribution in [3.8, 4) is 0 Å². The second kappa shape index (κ2) is 5.18. The summed E-state index contributed by atoms with van der Waals surface area (Å²) in [6.07, 6.45) is 0.573. The highest BCUT2D eigenvalue weighted by atomic mass is 16.4. The van der Waals surface area contributed by atoms with Gasteiger partial charge in [-0.05, 0) is 24.2 Å². The molecule has 1 aliphatic heterocycles. The standard InChI is InChI=1S/C13H16N2O3/c1-15(5-4-13(17)18)8-9-2-3-11-10(6-9)7-12(16)14-11/h2-3,6H,4-5,7-8H2,1H3,(H,14,16)(H,17,18). The fourth-order valence-corrected chi connectivity index (χ4v) is 2.06. The Morgan fingerprint density at radius 2 is 2.28 bits per heavy atom. The third-order valence-electron chi connectivity index (χ3n) is 2.95. The van der Waals surface area contributed by atoms with Gasteiger partial charge in [-0.2, -0.15) is 0 Å². The van der Waals surface area contributed by atoms with Crippen molar-refractivity contribution < 1.29 is 14.7 Å². The molecule has 1 aromatic carbocycles. The van der Waals surface area contributed by atoms with Crippen LogP contribution in [0.5, 0.6) is 0 Å². The number of amides is 1. The molecular weight excluding hydrogens is 232 g/mol. The van der Waals surface area contributed by atoms with E-state index in [9.17, 15) is 9.59 Å². The van der Waals surface area contributed by atoms with Crippen molar-refractivity contribution in [3.63, 3.8) is 0 Å². The minimum absolute atomic E-state index is 0.0291. The number of benzene rings is 1. The SMILES string of the molecule is CN(CCC(=O)O)Cc1ccc2c(c1)CC(=O)N2. The van der Waals surface area contributed by atoms with Crippen LogP contribution in [-0.2, 0) is 22.6 Å². The van der Waals surface area contributed by atoms with Crippen molar-refractivity contribution in [1.82, 2.24) is 4.90 Å². The summed E-state index contributed by atoms with van der Waals surface area (Å²) >= 11 is 0. The molecule has 1 heterocycles. The van der Waals surface area contributed by atoms with Crippen LogP contribution in [0.2, 0.25) is 0 Å². The van der Waals surface area contributed by atoms with Crippen LogP contribution < -0.4 is 5.32 Å². The number of carboxylic acid groups (broad SMARTS) is 1. The normalized spacial score (nSPS) is 13.6. The van der Waals surface area contributed by atoms with E-state index in [0.29, 0.717) is 19.5 Å². The number of nitrogens with zero attached hydrogens (tertiary/aromatic N) is 1. The summed E-state index contributed by atoms with van der Waals surface area (Å²) in [6.45, 7) is 1.21. The molecule has 0 bridgehead atoms. The van der Waals surface area contributed by atoms with Gasteiger partial charge >= 0.3 is 5.97 Å². The highest BCUT2D eigenvalue weighted by molar-refractivity contribution is 5.99. The number of carbonyl (C=O) groups is 2. The summed E-state index contributed by atoms with van der Waals surface area (Å²) in [5.41, 5.74) is 3.00. The van der Waals surface area contributed by atoms with Gasteiger partial charge in [0.2, 0.25) is 5.91 Å². The first-order chi connectivity index (χ1) is 8.54. The molecule has 0 unspecified atom stereocenters. The lowest BCUT2D eigenvalue weighted by Crippen LogP contribution is -2.21. The highest BCUT2D eigenvalue weighted by Crippen LogP contribution is 2.24. The number of hydrogen-bond donors (Lipinski definition) is 2. The molecule has 96 valence electrons. The largest absolute Gasteiger partial charge is 0.481 e. The van der Waals surface area contributed by atoms with Gasteiger partial charge in [0, 0.05) is 18.8 Å². The molecular formula is C13H16N2O3. The van der Waals surface area contributed by atoms with Gasteiger partial charge in [0.05, 0.1) is 12.8 Å². The molecule has 0 aliphatic carbocycles. The summed E-state index contributed by atoms with van der Waals surface area (Å²) in [5, 5.41) is 11.4. The summed E-state index contributed by atoms with van der Waals surface area (Å²) in [5.74, 6) is -0.757. The van der Waals surface area contributed by atoms with Crippen molar-refractivity contribution in [2.45, 2.75) is 19.4 Å². The second-order valence-corrected chi connectivity index (χ2v) is 4.60. The highest BCUT2D eigenvalue weighted by Gasteiger charge is 2.17. The number of anilines is 1. The van der Waals surface area contributed by atoms with Crippen LogP contribution in [0.15, 0.2) is 18.2 Å². The van der Waals surface area contributed by atoms with E-state index >= 15 is 0 Å². The van der Waals surface area contributed by atoms with Gasteiger partial charge in [-0.15, -0.1) is 0 Å². The van der Waals surface area contributed by atoms with Crippen LogP contribution >= 0.6 is 0 Å². The smallest absolute Gasteiger partial charge is 0.304 e. The quantitative estimate of drug-likeness (QED) is 0.818. The minimum Gasteiger partial charge on any atom is -0.481 e. The van der Waals surface area contributed by atoms with E-state index in [2.05, 4.69) is 5.32 Å². The topological polar surface area (TPSA) is 69.6 Å². The lowest BCUT2D eigenvalue weighted by atomic mass is 10.1. The number of hydrogen-bond acceptors (Lipinski definition) is 3. The average molecular weight is 248 g/mol.